The van der Waals surface area contributed by atoms with Gasteiger partial charge in [-0.05, 0) is 54.3 Å². The zero-order chi connectivity index (χ0) is 25.2. The van der Waals surface area contributed by atoms with Crippen molar-refractivity contribution >= 4 is 45.5 Å². The minimum absolute atomic E-state index is 0.179. The molecule has 0 saturated carbocycles. The monoisotopic (exact) mass is 494 g/mol. The lowest BCUT2D eigenvalue weighted by Gasteiger charge is -2.18. The third-order valence-corrected chi connectivity index (χ3v) is 6.98. The van der Waals surface area contributed by atoms with E-state index >= 15 is 0 Å². The number of aryl methyl sites for hydroxylation is 1. The van der Waals surface area contributed by atoms with Gasteiger partial charge in [0.1, 0.15) is 11.5 Å². The van der Waals surface area contributed by atoms with E-state index < -0.39 is 0 Å². The van der Waals surface area contributed by atoms with Crippen LogP contribution in [-0.4, -0.2) is 21.0 Å². The minimum atomic E-state index is -0.186. The smallest absolute Gasteiger partial charge is 0.283 e. The lowest BCUT2D eigenvalue weighted by atomic mass is 10.0. The molecule has 0 aliphatic carbocycles. The molecule has 0 spiro atoms. The summed E-state index contributed by atoms with van der Waals surface area (Å²) in [6.07, 6.45) is 1.82. The molecule has 7 heteroatoms. The molecular formula is C29H26N4O2S. The summed E-state index contributed by atoms with van der Waals surface area (Å²) in [4.78, 5) is 39.7. The standard InChI is InChI=1S/C29H26N4O2S/c1-18(2)21-12-10-20(11-13-21)16-25-28(35)33(22-14-8-19(3)9-15-22)29(31-25)36-17-26-30-24-7-5-4-6-23(24)27(34)32-26/h4-16,18H,17H2,1-3H3,(H,30,32,34)/b25-16-. The van der Waals surface area contributed by atoms with E-state index in [1.807, 2.05) is 67.6 Å². The van der Waals surface area contributed by atoms with Crippen molar-refractivity contribution in [3.05, 3.63) is 111 Å². The molecule has 1 aliphatic rings. The fraction of sp³-hybridized carbons (Fsp3) is 0.172. The molecule has 1 amide bonds. The summed E-state index contributed by atoms with van der Waals surface area (Å²) < 4.78 is 0. The van der Waals surface area contributed by atoms with Crippen molar-refractivity contribution in [1.29, 1.82) is 0 Å². The molecule has 0 bridgehead atoms. The molecule has 3 aromatic carbocycles. The molecule has 2 heterocycles. The predicted molar refractivity (Wildman–Crippen MR) is 148 cm³/mol. The normalized spacial score (nSPS) is 14.8. The molecule has 36 heavy (non-hydrogen) atoms. The fourth-order valence-corrected chi connectivity index (χ4v) is 4.87. The number of aliphatic imine (C=N–C) groups is 1. The third-order valence-electron chi connectivity index (χ3n) is 6.03. The Hall–Kier alpha value is -3.97. The zero-order valence-corrected chi connectivity index (χ0v) is 21.2. The number of carbonyl (C=O) groups excluding carboxylic acids is 1. The van der Waals surface area contributed by atoms with Crippen molar-refractivity contribution in [2.24, 2.45) is 4.99 Å². The second-order valence-electron chi connectivity index (χ2n) is 9.04. The van der Waals surface area contributed by atoms with Gasteiger partial charge in [-0.25, -0.2) is 9.98 Å². The van der Waals surface area contributed by atoms with E-state index in [0.29, 0.717) is 39.3 Å². The predicted octanol–water partition coefficient (Wildman–Crippen LogP) is 6.03. The molecule has 0 unspecified atom stereocenters. The first-order chi connectivity index (χ1) is 17.4. The first kappa shape index (κ1) is 23.8. The summed E-state index contributed by atoms with van der Waals surface area (Å²) in [6.45, 7) is 6.31. The lowest BCUT2D eigenvalue weighted by Crippen LogP contribution is -2.30. The number of para-hydroxylation sites is 1. The van der Waals surface area contributed by atoms with Crippen LogP contribution in [0, 0.1) is 6.92 Å². The molecule has 4 aromatic rings. The summed E-state index contributed by atoms with van der Waals surface area (Å²) in [5, 5.41) is 1.10. The van der Waals surface area contributed by atoms with Gasteiger partial charge in [0, 0.05) is 0 Å². The van der Waals surface area contributed by atoms with Gasteiger partial charge in [-0.3, -0.25) is 14.5 Å². The first-order valence-corrected chi connectivity index (χ1v) is 12.8. The van der Waals surface area contributed by atoms with Crippen molar-refractivity contribution in [3.8, 4) is 0 Å². The van der Waals surface area contributed by atoms with Crippen molar-refractivity contribution in [2.45, 2.75) is 32.4 Å². The van der Waals surface area contributed by atoms with Gasteiger partial charge in [-0.15, -0.1) is 0 Å². The Morgan fingerprint density at radius 3 is 2.42 bits per heavy atom. The highest BCUT2D eigenvalue weighted by molar-refractivity contribution is 8.13. The maximum absolute atomic E-state index is 13.5. The van der Waals surface area contributed by atoms with Gasteiger partial charge in [0.05, 0.1) is 22.3 Å². The summed E-state index contributed by atoms with van der Waals surface area (Å²) in [5.41, 5.74) is 4.85. The second kappa shape index (κ2) is 9.95. The van der Waals surface area contributed by atoms with Crippen molar-refractivity contribution in [3.63, 3.8) is 0 Å². The fourth-order valence-electron chi connectivity index (χ4n) is 3.99. The molecule has 180 valence electrons. The molecule has 0 atom stereocenters. The van der Waals surface area contributed by atoms with E-state index in [9.17, 15) is 9.59 Å². The molecule has 1 N–H and O–H groups in total. The largest absolute Gasteiger partial charge is 0.309 e. The number of amides is 1. The number of thioether (sulfide) groups is 1. The zero-order valence-electron chi connectivity index (χ0n) is 20.4. The van der Waals surface area contributed by atoms with Gasteiger partial charge in [0.15, 0.2) is 5.17 Å². The number of nitrogens with zero attached hydrogens (tertiary/aromatic N) is 3. The maximum atomic E-state index is 13.5. The van der Waals surface area contributed by atoms with E-state index in [1.54, 1.807) is 11.0 Å². The Kier molecular flexibility index (Phi) is 6.57. The number of nitrogens with one attached hydrogen (secondary N) is 1. The van der Waals surface area contributed by atoms with E-state index in [0.717, 1.165) is 16.8 Å². The van der Waals surface area contributed by atoms with Crippen molar-refractivity contribution < 1.29 is 4.79 Å². The average Bonchev–Trinajstić information content (AvgIpc) is 3.18. The van der Waals surface area contributed by atoms with Crippen LogP contribution in [0.4, 0.5) is 5.69 Å². The Bertz CT molecular complexity index is 1550. The SMILES string of the molecule is Cc1ccc(N2C(=O)/C(=C/c3ccc(C(C)C)cc3)N=C2SCc2nc3ccccc3c(=O)[nH]2)cc1. The van der Waals surface area contributed by atoms with Crippen LogP contribution in [0.5, 0.6) is 0 Å². The molecule has 0 fully saturated rings. The van der Waals surface area contributed by atoms with Gasteiger partial charge in [-0.2, -0.15) is 0 Å². The van der Waals surface area contributed by atoms with Crippen LogP contribution in [0.3, 0.4) is 0 Å². The van der Waals surface area contributed by atoms with Gasteiger partial charge in [0.25, 0.3) is 11.5 Å². The van der Waals surface area contributed by atoms with Crippen LogP contribution in [-0.2, 0) is 10.5 Å². The summed E-state index contributed by atoms with van der Waals surface area (Å²) in [6, 6.07) is 23.2. The van der Waals surface area contributed by atoms with Gasteiger partial charge in [-0.1, -0.05) is 79.7 Å². The lowest BCUT2D eigenvalue weighted by molar-refractivity contribution is -0.113. The van der Waals surface area contributed by atoms with Crippen LogP contribution in [0.1, 0.15) is 42.3 Å². The van der Waals surface area contributed by atoms with Crippen molar-refractivity contribution in [2.75, 3.05) is 4.90 Å². The molecule has 6 nitrogen and oxygen atoms in total. The van der Waals surface area contributed by atoms with Crippen LogP contribution in [0.15, 0.2) is 88.3 Å². The molecule has 5 rings (SSSR count). The Morgan fingerprint density at radius 2 is 1.69 bits per heavy atom. The summed E-state index contributed by atoms with van der Waals surface area (Å²) in [7, 11) is 0. The number of hydrogen-bond acceptors (Lipinski definition) is 5. The summed E-state index contributed by atoms with van der Waals surface area (Å²) >= 11 is 1.37. The third kappa shape index (κ3) is 4.88. The molecule has 0 radical (unpaired) electrons. The number of aromatic nitrogens is 2. The Balaban J connectivity index is 1.47. The first-order valence-electron chi connectivity index (χ1n) is 11.8. The van der Waals surface area contributed by atoms with E-state index in [-0.39, 0.29) is 11.5 Å². The van der Waals surface area contributed by atoms with Gasteiger partial charge >= 0.3 is 0 Å². The van der Waals surface area contributed by atoms with Gasteiger partial charge < -0.3 is 4.98 Å². The number of H-pyrrole nitrogens is 1. The number of benzene rings is 3. The Labute approximate surface area is 213 Å². The van der Waals surface area contributed by atoms with Crippen molar-refractivity contribution in [1.82, 2.24) is 9.97 Å². The quantitative estimate of drug-likeness (QED) is 0.344. The average molecular weight is 495 g/mol. The van der Waals surface area contributed by atoms with Crippen LogP contribution < -0.4 is 10.5 Å². The van der Waals surface area contributed by atoms with Crippen LogP contribution >= 0.6 is 11.8 Å². The number of hydrogen-bond donors (Lipinski definition) is 1. The molecule has 0 saturated heterocycles. The van der Waals surface area contributed by atoms with Gasteiger partial charge in [0.2, 0.25) is 0 Å². The Morgan fingerprint density at radius 1 is 0.972 bits per heavy atom. The van der Waals surface area contributed by atoms with E-state index in [2.05, 4.69) is 35.9 Å². The number of anilines is 1. The highest BCUT2D eigenvalue weighted by Crippen LogP contribution is 2.31. The highest BCUT2D eigenvalue weighted by Gasteiger charge is 2.32. The molecule has 1 aliphatic heterocycles. The number of rotatable bonds is 5. The second-order valence-corrected chi connectivity index (χ2v) is 9.98. The maximum Gasteiger partial charge on any atom is 0.283 e. The molecular weight excluding hydrogens is 468 g/mol. The number of amidine groups is 1. The summed E-state index contributed by atoms with van der Waals surface area (Å²) in [5.74, 6) is 1.15. The van der Waals surface area contributed by atoms with E-state index in [4.69, 9.17) is 4.99 Å². The number of carbonyl (C=O) groups is 1. The number of aromatic amines is 1. The molecule has 1 aromatic heterocycles. The highest BCUT2D eigenvalue weighted by atomic mass is 32.2. The van der Waals surface area contributed by atoms with Crippen LogP contribution in [0.2, 0.25) is 0 Å². The minimum Gasteiger partial charge on any atom is -0.309 e. The van der Waals surface area contributed by atoms with Crippen LogP contribution in [0.25, 0.3) is 17.0 Å². The van der Waals surface area contributed by atoms with E-state index in [1.165, 1.54) is 17.3 Å². The number of fused-ring (bicyclic) bond motifs is 1. The topological polar surface area (TPSA) is 78.4 Å².